The van der Waals surface area contributed by atoms with E-state index in [9.17, 15) is 9.18 Å². The van der Waals surface area contributed by atoms with Crippen LogP contribution in [0.25, 0.3) is 0 Å². The van der Waals surface area contributed by atoms with Crippen LogP contribution in [0.4, 0.5) is 4.39 Å². The van der Waals surface area contributed by atoms with Crippen LogP contribution in [0, 0.1) is 12.7 Å². The first-order chi connectivity index (χ1) is 8.58. The maximum Gasteiger partial charge on any atom is 0.167 e. The predicted molar refractivity (Wildman–Crippen MR) is 71.1 cm³/mol. The van der Waals surface area contributed by atoms with E-state index in [1.54, 1.807) is 30.6 Å². The Kier molecular flexibility index (Phi) is 3.87. The maximum absolute atomic E-state index is 13.1. The second-order valence-electron chi connectivity index (χ2n) is 4.04. The van der Waals surface area contributed by atoms with E-state index in [1.165, 1.54) is 6.07 Å². The van der Waals surface area contributed by atoms with Crippen molar-refractivity contribution in [2.75, 3.05) is 0 Å². The number of pyridine rings is 1. The van der Waals surface area contributed by atoms with E-state index in [-0.39, 0.29) is 18.0 Å². The first kappa shape index (κ1) is 12.9. The fourth-order valence-corrected chi connectivity index (χ4v) is 2.14. The van der Waals surface area contributed by atoms with Gasteiger partial charge in [0.05, 0.1) is 4.47 Å². The zero-order chi connectivity index (χ0) is 13.1. The van der Waals surface area contributed by atoms with E-state index < -0.39 is 0 Å². The molecular formula is C14H11BrFNO. The van der Waals surface area contributed by atoms with Crippen molar-refractivity contribution in [2.45, 2.75) is 13.3 Å². The summed E-state index contributed by atoms with van der Waals surface area (Å²) >= 11 is 3.11. The first-order valence-corrected chi connectivity index (χ1v) is 6.25. The van der Waals surface area contributed by atoms with E-state index in [4.69, 9.17) is 0 Å². The molecule has 0 radical (unpaired) electrons. The van der Waals surface area contributed by atoms with Gasteiger partial charge in [0.1, 0.15) is 5.82 Å². The van der Waals surface area contributed by atoms with Crippen LogP contribution in [0.1, 0.15) is 21.5 Å². The van der Waals surface area contributed by atoms with Crippen LogP contribution in [-0.2, 0) is 6.42 Å². The van der Waals surface area contributed by atoms with E-state index in [0.29, 0.717) is 10.0 Å². The molecule has 0 N–H and O–H groups in total. The molecule has 2 rings (SSSR count). The Labute approximate surface area is 113 Å². The number of halogens is 2. The number of nitrogens with zero attached hydrogens (tertiary/aromatic N) is 1. The Bertz CT molecular complexity index is 598. The average Bonchev–Trinajstić information content (AvgIpc) is 2.34. The summed E-state index contributed by atoms with van der Waals surface area (Å²) in [5.74, 6) is -0.320. The van der Waals surface area contributed by atoms with Crippen molar-refractivity contribution >= 4 is 21.7 Å². The smallest absolute Gasteiger partial charge is 0.167 e. The lowest BCUT2D eigenvalue weighted by molar-refractivity contribution is 0.0992. The Morgan fingerprint density at radius 2 is 2.17 bits per heavy atom. The molecule has 1 aromatic heterocycles. The number of aromatic nitrogens is 1. The molecule has 0 unspecified atom stereocenters. The number of hydrogen-bond donors (Lipinski definition) is 0. The molecule has 0 saturated carbocycles. The molecule has 0 amide bonds. The second kappa shape index (κ2) is 5.40. The zero-order valence-electron chi connectivity index (χ0n) is 9.78. The summed E-state index contributed by atoms with van der Waals surface area (Å²) in [6.07, 6.45) is 3.51. The summed E-state index contributed by atoms with van der Waals surface area (Å²) in [6, 6.07) is 6.31. The summed E-state index contributed by atoms with van der Waals surface area (Å²) in [5, 5.41) is 0. The van der Waals surface area contributed by atoms with Crippen molar-refractivity contribution in [3.05, 3.63) is 63.6 Å². The van der Waals surface area contributed by atoms with Gasteiger partial charge in [0.25, 0.3) is 0 Å². The topological polar surface area (TPSA) is 30.0 Å². The molecule has 0 spiro atoms. The van der Waals surface area contributed by atoms with Crippen LogP contribution < -0.4 is 0 Å². The molecule has 2 nitrogen and oxygen atoms in total. The molecule has 2 aromatic rings. The molecular weight excluding hydrogens is 297 g/mol. The lowest BCUT2D eigenvalue weighted by Crippen LogP contribution is -2.06. The minimum absolute atomic E-state index is 0.00779. The summed E-state index contributed by atoms with van der Waals surface area (Å²) in [6.45, 7) is 1.85. The van der Waals surface area contributed by atoms with Gasteiger partial charge in [-0.05, 0) is 52.2 Å². The van der Waals surface area contributed by atoms with Gasteiger partial charge in [-0.1, -0.05) is 6.07 Å². The van der Waals surface area contributed by atoms with Crippen LogP contribution in [0.5, 0.6) is 0 Å². The summed E-state index contributed by atoms with van der Waals surface area (Å²) < 4.78 is 13.5. The third-order valence-corrected chi connectivity index (χ3v) is 3.28. The Morgan fingerprint density at radius 3 is 2.83 bits per heavy atom. The number of hydrogen-bond acceptors (Lipinski definition) is 2. The number of rotatable bonds is 3. The highest BCUT2D eigenvalue weighted by atomic mass is 79.9. The summed E-state index contributed by atoms with van der Waals surface area (Å²) in [4.78, 5) is 16.0. The molecule has 1 heterocycles. The van der Waals surface area contributed by atoms with Gasteiger partial charge in [0.15, 0.2) is 5.78 Å². The largest absolute Gasteiger partial charge is 0.294 e. The highest BCUT2D eigenvalue weighted by molar-refractivity contribution is 9.10. The van der Waals surface area contributed by atoms with Crippen molar-refractivity contribution in [1.29, 1.82) is 0 Å². The van der Waals surface area contributed by atoms with Crippen molar-refractivity contribution in [1.82, 2.24) is 4.98 Å². The third kappa shape index (κ3) is 2.82. The van der Waals surface area contributed by atoms with Gasteiger partial charge in [-0.15, -0.1) is 0 Å². The van der Waals surface area contributed by atoms with Crippen LogP contribution in [0.15, 0.2) is 41.1 Å². The van der Waals surface area contributed by atoms with Gasteiger partial charge in [0.2, 0.25) is 0 Å². The molecule has 4 heteroatoms. The van der Waals surface area contributed by atoms with Gasteiger partial charge in [0, 0.05) is 24.4 Å². The standard InChI is InChI=1S/C14H11BrFNO/c1-9-8-17-5-4-11(9)14(18)7-10-2-3-13(16)12(15)6-10/h2-6,8H,7H2,1H3. The molecule has 0 fully saturated rings. The third-order valence-electron chi connectivity index (χ3n) is 2.67. The predicted octanol–water partition coefficient (Wildman–Crippen LogP) is 3.72. The minimum Gasteiger partial charge on any atom is -0.294 e. The van der Waals surface area contributed by atoms with Gasteiger partial charge in [-0.2, -0.15) is 0 Å². The maximum atomic E-state index is 13.1. The quantitative estimate of drug-likeness (QED) is 0.809. The molecule has 0 atom stereocenters. The van der Waals surface area contributed by atoms with Crippen LogP contribution in [0.2, 0.25) is 0 Å². The lowest BCUT2D eigenvalue weighted by atomic mass is 10.0. The normalized spacial score (nSPS) is 10.4. The number of aryl methyl sites for hydroxylation is 1. The molecule has 0 saturated heterocycles. The molecule has 0 aliphatic rings. The summed E-state index contributed by atoms with van der Waals surface area (Å²) in [7, 11) is 0. The lowest BCUT2D eigenvalue weighted by Gasteiger charge is -2.05. The van der Waals surface area contributed by atoms with Gasteiger partial charge < -0.3 is 0 Å². The number of benzene rings is 1. The van der Waals surface area contributed by atoms with Crippen molar-refractivity contribution < 1.29 is 9.18 Å². The van der Waals surface area contributed by atoms with E-state index in [1.807, 2.05) is 6.92 Å². The molecule has 1 aromatic carbocycles. The number of Topliss-reactive ketones (excluding diaryl/α,β-unsaturated/α-hetero) is 1. The Morgan fingerprint density at radius 1 is 1.39 bits per heavy atom. The fraction of sp³-hybridized carbons (Fsp3) is 0.143. The average molecular weight is 308 g/mol. The van der Waals surface area contributed by atoms with Gasteiger partial charge in [-0.3, -0.25) is 9.78 Å². The molecule has 0 bridgehead atoms. The minimum atomic E-state index is -0.328. The van der Waals surface area contributed by atoms with Crippen molar-refractivity contribution in [3.8, 4) is 0 Å². The molecule has 92 valence electrons. The fourth-order valence-electron chi connectivity index (χ4n) is 1.72. The monoisotopic (exact) mass is 307 g/mol. The van der Waals surface area contributed by atoms with Gasteiger partial charge >= 0.3 is 0 Å². The van der Waals surface area contributed by atoms with E-state index in [2.05, 4.69) is 20.9 Å². The van der Waals surface area contributed by atoms with Crippen LogP contribution in [-0.4, -0.2) is 10.8 Å². The van der Waals surface area contributed by atoms with Crippen LogP contribution >= 0.6 is 15.9 Å². The van der Waals surface area contributed by atoms with Crippen LogP contribution in [0.3, 0.4) is 0 Å². The van der Waals surface area contributed by atoms with E-state index >= 15 is 0 Å². The van der Waals surface area contributed by atoms with Crippen molar-refractivity contribution in [2.24, 2.45) is 0 Å². The zero-order valence-corrected chi connectivity index (χ0v) is 11.4. The second-order valence-corrected chi connectivity index (χ2v) is 4.89. The SMILES string of the molecule is Cc1cnccc1C(=O)Cc1ccc(F)c(Br)c1. The molecule has 0 aliphatic carbocycles. The molecule has 0 aliphatic heterocycles. The first-order valence-electron chi connectivity index (χ1n) is 5.45. The Balaban J connectivity index is 2.22. The summed E-state index contributed by atoms with van der Waals surface area (Å²) in [5.41, 5.74) is 2.29. The number of carbonyl (C=O) groups excluding carboxylic acids is 1. The van der Waals surface area contributed by atoms with Gasteiger partial charge in [-0.25, -0.2) is 4.39 Å². The highest BCUT2D eigenvalue weighted by Gasteiger charge is 2.10. The highest BCUT2D eigenvalue weighted by Crippen LogP contribution is 2.18. The van der Waals surface area contributed by atoms with Crippen molar-refractivity contribution in [3.63, 3.8) is 0 Å². The number of ketones is 1. The molecule has 18 heavy (non-hydrogen) atoms. The van der Waals surface area contributed by atoms with E-state index in [0.717, 1.165) is 11.1 Å². The number of carbonyl (C=O) groups is 1. The Hall–Kier alpha value is -1.55.